The SMILES string of the molecule is COc1ccc(NC(=O)CSc2cccc(NC(=S)Nc3ccccc3OC)c2)cc1. The Hall–Kier alpha value is -3.23. The predicted molar refractivity (Wildman–Crippen MR) is 132 cm³/mol. The summed E-state index contributed by atoms with van der Waals surface area (Å²) in [5.74, 6) is 1.66. The molecule has 160 valence electrons. The maximum atomic E-state index is 12.2. The van der Waals surface area contributed by atoms with Gasteiger partial charge in [0.25, 0.3) is 0 Å². The van der Waals surface area contributed by atoms with Gasteiger partial charge in [-0.15, -0.1) is 11.8 Å². The van der Waals surface area contributed by atoms with Crippen LogP contribution in [0.5, 0.6) is 11.5 Å². The quantitative estimate of drug-likeness (QED) is 0.318. The lowest BCUT2D eigenvalue weighted by Crippen LogP contribution is -2.19. The third kappa shape index (κ3) is 6.91. The summed E-state index contributed by atoms with van der Waals surface area (Å²) in [6.07, 6.45) is 0. The average molecular weight is 454 g/mol. The zero-order chi connectivity index (χ0) is 22.1. The summed E-state index contributed by atoms with van der Waals surface area (Å²) in [7, 11) is 3.22. The van der Waals surface area contributed by atoms with Crippen LogP contribution in [-0.4, -0.2) is 31.0 Å². The number of para-hydroxylation sites is 2. The van der Waals surface area contributed by atoms with Crippen molar-refractivity contribution >= 4 is 52.1 Å². The molecule has 0 radical (unpaired) electrons. The first-order valence-electron chi connectivity index (χ1n) is 9.45. The Labute approximate surface area is 191 Å². The van der Waals surface area contributed by atoms with Crippen LogP contribution in [0.1, 0.15) is 0 Å². The van der Waals surface area contributed by atoms with E-state index < -0.39 is 0 Å². The van der Waals surface area contributed by atoms with E-state index in [1.165, 1.54) is 11.8 Å². The lowest BCUT2D eigenvalue weighted by atomic mass is 10.3. The molecule has 0 aliphatic carbocycles. The zero-order valence-corrected chi connectivity index (χ0v) is 18.8. The summed E-state index contributed by atoms with van der Waals surface area (Å²) in [5.41, 5.74) is 2.34. The molecule has 1 amide bonds. The summed E-state index contributed by atoms with van der Waals surface area (Å²) in [4.78, 5) is 13.2. The van der Waals surface area contributed by atoms with Crippen molar-refractivity contribution in [3.8, 4) is 11.5 Å². The molecule has 3 aromatic carbocycles. The van der Waals surface area contributed by atoms with Gasteiger partial charge < -0.3 is 25.4 Å². The fraction of sp³-hybridized carbons (Fsp3) is 0.130. The molecule has 0 aliphatic rings. The summed E-state index contributed by atoms with van der Waals surface area (Å²) in [6.45, 7) is 0. The molecular weight excluding hydrogens is 430 g/mol. The second-order valence-corrected chi connectivity index (χ2v) is 7.83. The Bertz CT molecular complexity index is 1040. The molecule has 0 saturated carbocycles. The minimum absolute atomic E-state index is 0.0816. The molecule has 0 aromatic heterocycles. The molecule has 0 unspecified atom stereocenters. The van der Waals surface area contributed by atoms with Crippen molar-refractivity contribution in [2.75, 3.05) is 35.9 Å². The highest BCUT2D eigenvalue weighted by Gasteiger charge is 2.07. The van der Waals surface area contributed by atoms with Crippen LogP contribution in [0, 0.1) is 0 Å². The molecule has 0 saturated heterocycles. The van der Waals surface area contributed by atoms with Gasteiger partial charge in [-0.1, -0.05) is 18.2 Å². The highest BCUT2D eigenvalue weighted by molar-refractivity contribution is 8.00. The van der Waals surface area contributed by atoms with Crippen LogP contribution in [0.25, 0.3) is 0 Å². The number of rotatable bonds is 8. The van der Waals surface area contributed by atoms with Crippen molar-refractivity contribution in [1.29, 1.82) is 0 Å². The molecule has 0 bridgehead atoms. The summed E-state index contributed by atoms with van der Waals surface area (Å²) in [5, 5.41) is 9.61. The highest BCUT2D eigenvalue weighted by atomic mass is 32.2. The van der Waals surface area contributed by atoms with E-state index in [2.05, 4.69) is 16.0 Å². The molecule has 0 aliphatic heterocycles. The first-order valence-corrected chi connectivity index (χ1v) is 10.8. The fourth-order valence-electron chi connectivity index (χ4n) is 2.72. The first kappa shape index (κ1) is 22.5. The average Bonchev–Trinajstić information content (AvgIpc) is 2.79. The molecule has 0 heterocycles. The largest absolute Gasteiger partial charge is 0.497 e. The van der Waals surface area contributed by atoms with Crippen molar-refractivity contribution in [3.05, 3.63) is 72.8 Å². The number of nitrogens with one attached hydrogen (secondary N) is 3. The topological polar surface area (TPSA) is 71.6 Å². The van der Waals surface area contributed by atoms with Crippen molar-refractivity contribution in [3.63, 3.8) is 0 Å². The van der Waals surface area contributed by atoms with E-state index >= 15 is 0 Å². The number of benzene rings is 3. The standard InChI is InChI=1S/C23H23N3O3S2/c1-28-18-12-10-16(11-13-18)24-22(27)15-31-19-7-5-6-17(14-19)25-23(30)26-20-8-3-4-9-21(20)29-2/h3-14H,15H2,1-2H3,(H,24,27)(H2,25,26,30). The van der Waals surface area contributed by atoms with Crippen LogP contribution < -0.4 is 25.4 Å². The number of methoxy groups -OCH3 is 2. The van der Waals surface area contributed by atoms with Gasteiger partial charge in [0.15, 0.2) is 5.11 Å². The maximum absolute atomic E-state index is 12.2. The number of ether oxygens (including phenoxy) is 2. The van der Waals surface area contributed by atoms with Gasteiger partial charge in [-0.25, -0.2) is 0 Å². The molecule has 3 N–H and O–H groups in total. The van der Waals surface area contributed by atoms with E-state index in [9.17, 15) is 4.79 Å². The van der Waals surface area contributed by atoms with E-state index in [4.69, 9.17) is 21.7 Å². The molecule has 3 aromatic rings. The molecule has 0 fully saturated rings. The number of amides is 1. The van der Waals surface area contributed by atoms with E-state index in [-0.39, 0.29) is 5.91 Å². The number of thiocarbonyl (C=S) groups is 1. The molecule has 0 spiro atoms. The second kappa shape index (κ2) is 11.2. The number of thioether (sulfide) groups is 1. The van der Waals surface area contributed by atoms with Gasteiger partial charge in [0.2, 0.25) is 5.91 Å². The van der Waals surface area contributed by atoms with Gasteiger partial charge >= 0.3 is 0 Å². The number of carbonyl (C=O) groups is 1. The minimum atomic E-state index is -0.0816. The lowest BCUT2D eigenvalue weighted by Gasteiger charge is -2.13. The van der Waals surface area contributed by atoms with Gasteiger partial charge in [-0.3, -0.25) is 4.79 Å². The summed E-state index contributed by atoms with van der Waals surface area (Å²) < 4.78 is 10.4. The number of carbonyl (C=O) groups excluding carboxylic acids is 1. The van der Waals surface area contributed by atoms with E-state index in [1.807, 2.05) is 60.7 Å². The Morgan fingerprint density at radius 1 is 0.871 bits per heavy atom. The van der Waals surface area contributed by atoms with E-state index in [1.54, 1.807) is 26.4 Å². The van der Waals surface area contributed by atoms with Crippen molar-refractivity contribution in [2.45, 2.75) is 4.90 Å². The van der Waals surface area contributed by atoms with Crippen molar-refractivity contribution in [1.82, 2.24) is 0 Å². The van der Waals surface area contributed by atoms with Crippen LogP contribution in [0.4, 0.5) is 17.1 Å². The number of hydrogen-bond donors (Lipinski definition) is 3. The van der Waals surface area contributed by atoms with Gasteiger partial charge in [-0.2, -0.15) is 0 Å². The molecule has 0 atom stereocenters. The van der Waals surface area contributed by atoms with Crippen LogP contribution >= 0.6 is 24.0 Å². The maximum Gasteiger partial charge on any atom is 0.234 e. The third-order valence-corrected chi connectivity index (χ3v) is 5.39. The van der Waals surface area contributed by atoms with Crippen LogP contribution in [-0.2, 0) is 4.79 Å². The Morgan fingerprint density at radius 3 is 2.39 bits per heavy atom. The molecule has 31 heavy (non-hydrogen) atoms. The lowest BCUT2D eigenvalue weighted by molar-refractivity contribution is -0.113. The Morgan fingerprint density at radius 2 is 1.65 bits per heavy atom. The molecule has 3 rings (SSSR count). The predicted octanol–water partition coefficient (Wildman–Crippen LogP) is 5.24. The number of anilines is 3. The first-order chi connectivity index (χ1) is 15.1. The Balaban J connectivity index is 1.52. The van der Waals surface area contributed by atoms with Crippen LogP contribution in [0.15, 0.2) is 77.7 Å². The van der Waals surface area contributed by atoms with Gasteiger partial charge in [-0.05, 0) is 66.8 Å². The minimum Gasteiger partial charge on any atom is -0.497 e. The van der Waals surface area contributed by atoms with Crippen molar-refractivity contribution < 1.29 is 14.3 Å². The molecule has 6 nitrogen and oxygen atoms in total. The fourth-order valence-corrected chi connectivity index (χ4v) is 3.70. The normalized spacial score (nSPS) is 10.1. The third-order valence-electron chi connectivity index (χ3n) is 4.19. The molecule has 8 heteroatoms. The monoisotopic (exact) mass is 453 g/mol. The highest BCUT2D eigenvalue weighted by Crippen LogP contribution is 2.25. The van der Waals surface area contributed by atoms with Gasteiger partial charge in [0, 0.05) is 16.3 Å². The van der Waals surface area contributed by atoms with Gasteiger partial charge in [0.1, 0.15) is 11.5 Å². The summed E-state index contributed by atoms with van der Waals surface area (Å²) in [6, 6.07) is 22.5. The van der Waals surface area contributed by atoms with Crippen molar-refractivity contribution in [2.24, 2.45) is 0 Å². The second-order valence-electron chi connectivity index (χ2n) is 6.37. The molecular formula is C23H23N3O3S2. The van der Waals surface area contributed by atoms with E-state index in [0.29, 0.717) is 16.6 Å². The smallest absolute Gasteiger partial charge is 0.234 e. The van der Waals surface area contributed by atoms with E-state index in [0.717, 1.165) is 27.7 Å². The van der Waals surface area contributed by atoms with Crippen LogP contribution in [0.2, 0.25) is 0 Å². The van der Waals surface area contributed by atoms with Crippen LogP contribution in [0.3, 0.4) is 0 Å². The summed E-state index contributed by atoms with van der Waals surface area (Å²) >= 11 is 6.85. The Kier molecular flexibility index (Phi) is 8.14. The van der Waals surface area contributed by atoms with Gasteiger partial charge in [0.05, 0.1) is 25.7 Å². The zero-order valence-electron chi connectivity index (χ0n) is 17.2. The number of hydrogen-bond acceptors (Lipinski definition) is 5.